The number of ether oxygens (including phenoxy) is 3. The van der Waals surface area contributed by atoms with Gasteiger partial charge in [0, 0.05) is 29.2 Å². The van der Waals surface area contributed by atoms with Crippen LogP contribution in [0.1, 0.15) is 65.9 Å². The number of rotatable bonds is 3. The van der Waals surface area contributed by atoms with Gasteiger partial charge in [-0.15, -0.1) is 11.3 Å². The SMILES string of the molecule is CCOC(=O)c1sc2c(c1C)[C@H](c1ccc3c(c1)OCO3)C1=C(CC(C)(C)CC1=O)N2. The predicted molar refractivity (Wildman–Crippen MR) is 118 cm³/mol. The smallest absolute Gasteiger partial charge is 0.348 e. The first-order valence-corrected chi connectivity index (χ1v) is 11.3. The number of hydrogen-bond donors (Lipinski definition) is 1. The zero-order valence-corrected chi connectivity index (χ0v) is 18.9. The molecular weight excluding hydrogens is 414 g/mol. The summed E-state index contributed by atoms with van der Waals surface area (Å²) in [5, 5.41) is 4.42. The highest BCUT2D eigenvalue weighted by Gasteiger charge is 2.43. The van der Waals surface area contributed by atoms with Crippen molar-refractivity contribution in [3.63, 3.8) is 0 Å². The zero-order chi connectivity index (χ0) is 21.9. The van der Waals surface area contributed by atoms with Crippen LogP contribution in [-0.2, 0) is 9.53 Å². The largest absolute Gasteiger partial charge is 0.462 e. The number of carbonyl (C=O) groups is 2. The molecule has 1 aliphatic carbocycles. The van der Waals surface area contributed by atoms with Crippen molar-refractivity contribution in [1.82, 2.24) is 0 Å². The van der Waals surface area contributed by atoms with Crippen molar-refractivity contribution in [2.45, 2.75) is 46.5 Å². The molecule has 0 saturated carbocycles. The highest BCUT2D eigenvalue weighted by molar-refractivity contribution is 7.18. The maximum atomic E-state index is 13.4. The molecule has 7 heteroatoms. The Hall–Kier alpha value is -2.80. The quantitative estimate of drug-likeness (QED) is 0.666. The minimum atomic E-state index is -0.324. The number of anilines is 1. The van der Waals surface area contributed by atoms with E-state index in [9.17, 15) is 9.59 Å². The number of thiophene rings is 1. The monoisotopic (exact) mass is 439 g/mol. The molecule has 1 aromatic heterocycles. The van der Waals surface area contributed by atoms with Gasteiger partial charge in [0.2, 0.25) is 6.79 Å². The molecule has 0 spiro atoms. The second-order valence-electron chi connectivity index (χ2n) is 9.02. The van der Waals surface area contributed by atoms with Crippen LogP contribution in [0.15, 0.2) is 29.5 Å². The third-order valence-corrected chi connectivity index (χ3v) is 7.35. The first kappa shape index (κ1) is 20.1. The number of nitrogens with one attached hydrogen (secondary N) is 1. The molecule has 0 unspecified atom stereocenters. The van der Waals surface area contributed by atoms with Crippen molar-refractivity contribution in [1.29, 1.82) is 0 Å². The van der Waals surface area contributed by atoms with Gasteiger partial charge in [-0.2, -0.15) is 0 Å². The van der Waals surface area contributed by atoms with Crippen LogP contribution in [0.3, 0.4) is 0 Å². The molecule has 1 N–H and O–H groups in total. The lowest BCUT2D eigenvalue weighted by Gasteiger charge is -2.38. The number of allylic oxidation sites excluding steroid dienone is 2. The van der Waals surface area contributed by atoms with E-state index in [1.807, 2.05) is 25.1 Å². The highest BCUT2D eigenvalue weighted by Crippen LogP contribution is 2.53. The van der Waals surface area contributed by atoms with Crippen molar-refractivity contribution in [2.75, 3.05) is 18.7 Å². The molecular formula is C24H25NO5S. The first-order chi connectivity index (χ1) is 14.8. The molecule has 3 heterocycles. The summed E-state index contributed by atoms with van der Waals surface area (Å²) in [7, 11) is 0. The average Bonchev–Trinajstić information content (AvgIpc) is 3.29. The summed E-state index contributed by atoms with van der Waals surface area (Å²) in [5.74, 6) is 0.952. The summed E-state index contributed by atoms with van der Waals surface area (Å²) in [6.07, 6.45) is 1.28. The fourth-order valence-corrected chi connectivity index (χ4v) is 6.01. The van der Waals surface area contributed by atoms with Gasteiger partial charge in [0.05, 0.1) is 11.6 Å². The van der Waals surface area contributed by atoms with Gasteiger partial charge in [-0.3, -0.25) is 4.79 Å². The molecule has 162 valence electrons. The molecule has 3 aliphatic rings. The summed E-state index contributed by atoms with van der Waals surface area (Å²) in [6.45, 7) is 8.49. The number of hydrogen-bond acceptors (Lipinski definition) is 7. The Bertz CT molecular complexity index is 1140. The Morgan fingerprint density at radius 1 is 1.26 bits per heavy atom. The standard InChI is InChI=1S/C24H25NO5S/c1-5-28-23(27)21-12(2)18-19(13-6-7-16-17(8-13)30-11-29-16)20-14(25-22(18)31-21)9-24(3,4)10-15(20)26/h6-8,19,25H,5,9-11H2,1-4H3/t19-/m0/s1. The fourth-order valence-electron chi connectivity index (χ4n) is 4.85. The molecule has 31 heavy (non-hydrogen) atoms. The second-order valence-corrected chi connectivity index (χ2v) is 10.0. The molecule has 2 aromatic rings. The van der Waals surface area contributed by atoms with Crippen molar-refractivity contribution >= 4 is 28.1 Å². The summed E-state index contributed by atoms with van der Waals surface area (Å²) in [6, 6.07) is 5.85. The maximum Gasteiger partial charge on any atom is 0.348 e. The van der Waals surface area contributed by atoms with Crippen LogP contribution in [0.25, 0.3) is 0 Å². The molecule has 0 saturated heterocycles. The summed E-state index contributed by atoms with van der Waals surface area (Å²) in [5.41, 5.74) is 4.42. The van der Waals surface area contributed by atoms with Gasteiger partial charge in [-0.05, 0) is 48.9 Å². The third-order valence-electron chi connectivity index (χ3n) is 6.15. The molecule has 1 atom stereocenters. The number of ketones is 1. The maximum absolute atomic E-state index is 13.4. The Kier molecular flexibility index (Phi) is 4.62. The van der Waals surface area contributed by atoms with Gasteiger partial charge in [0.15, 0.2) is 17.3 Å². The lowest BCUT2D eigenvalue weighted by molar-refractivity contribution is -0.118. The fraction of sp³-hybridized carbons (Fsp3) is 0.417. The van der Waals surface area contributed by atoms with Crippen molar-refractivity contribution < 1.29 is 23.8 Å². The molecule has 0 amide bonds. The van der Waals surface area contributed by atoms with Crippen LogP contribution in [-0.4, -0.2) is 25.2 Å². The van der Waals surface area contributed by atoms with Gasteiger partial charge in [0.1, 0.15) is 4.88 Å². The Labute approximate surface area is 185 Å². The number of Topliss-reactive ketones (excluding diaryl/α,β-unsaturated/α-hetero) is 1. The molecule has 2 aliphatic heterocycles. The molecule has 1 aromatic carbocycles. The van der Waals surface area contributed by atoms with Crippen molar-refractivity contribution in [3.8, 4) is 11.5 Å². The van der Waals surface area contributed by atoms with E-state index < -0.39 is 0 Å². The van der Waals surface area contributed by atoms with E-state index in [0.717, 1.165) is 39.4 Å². The molecule has 0 bridgehead atoms. The van der Waals surface area contributed by atoms with E-state index in [1.165, 1.54) is 11.3 Å². The van der Waals surface area contributed by atoms with E-state index >= 15 is 0 Å². The van der Waals surface area contributed by atoms with Crippen molar-refractivity contribution in [2.24, 2.45) is 5.41 Å². The lowest BCUT2D eigenvalue weighted by Crippen LogP contribution is -2.33. The summed E-state index contributed by atoms with van der Waals surface area (Å²) >= 11 is 1.40. The van der Waals surface area contributed by atoms with Crippen LogP contribution < -0.4 is 14.8 Å². The Balaban J connectivity index is 1.70. The normalized spacial score (nSPS) is 20.8. The van der Waals surface area contributed by atoms with Crippen LogP contribution >= 0.6 is 11.3 Å². The van der Waals surface area contributed by atoms with Crippen LogP contribution in [0, 0.1) is 12.3 Å². The minimum Gasteiger partial charge on any atom is -0.462 e. The van der Waals surface area contributed by atoms with E-state index in [4.69, 9.17) is 14.2 Å². The summed E-state index contributed by atoms with van der Waals surface area (Å²) < 4.78 is 16.4. The van der Waals surface area contributed by atoms with Crippen molar-refractivity contribution in [3.05, 3.63) is 51.0 Å². The highest BCUT2D eigenvalue weighted by atomic mass is 32.1. The Morgan fingerprint density at radius 3 is 2.81 bits per heavy atom. The lowest BCUT2D eigenvalue weighted by atomic mass is 9.69. The van der Waals surface area contributed by atoms with Gasteiger partial charge in [-0.1, -0.05) is 19.9 Å². The average molecular weight is 440 g/mol. The van der Waals surface area contributed by atoms with Crippen LogP contribution in [0.5, 0.6) is 11.5 Å². The molecule has 0 radical (unpaired) electrons. The van der Waals surface area contributed by atoms with Crippen LogP contribution in [0.2, 0.25) is 0 Å². The molecule has 5 rings (SSSR count). The van der Waals surface area contributed by atoms with Gasteiger partial charge in [0.25, 0.3) is 0 Å². The van der Waals surface area contributed by atoms with E-state index in [0.29, 0.717) is 29.4 Å². The van der Waals surface area contributed by atoms with Gasteiger partial charge in [-0.25, -0.2) is 4.79 Å². The summed E-state index contributed by atoms with van der Waals surface area (Å²) in [4.78, 5) is 26.6. The first-order valence-electron chi connectivity index (χ1n) is 10.5. The second kappa shape index (κ2) is 7.12. The van der Waals surface area contributed by atoms with E-state index in [-0.39, 0.29) is 29.9 Å². The van der Waals surface area contributed by atoms with Gasteiger partial charge < -0.3 is 19.5 Å². The number of esters is 1. The van der Waals surface area contributed by atoms with Crippen LogP contribution in [0.4, 0.5) is 5.00 Å². The van der Waals surface area contributed by atoms with E-state index in [2.05, 4.69) is 19.2 Å². The number of benzene rings is 1. The van der Waals surface area contributed by atoms with E-state index in [1.54, 1.807) is 6.92 Å². The minimum absolute atomic E-state index is 0.115. The molecule has 0 fully saturated rings. The number of fused-ring (bicyclic) bond motifs is 2. The predicted octanol–water partition coefficient (Wildman–Crippen LogP) is 5.16. The number of carbonyl (C=O) groups excluding carboxylic acids is 2. The molecule has 6 nitrogen and oxygen atoms in total. The topological polar surface area (TPSA) is 73.9 Å². The Morgan fingerprint density at radius 2 is 2.03 bits per heavy atom. The third kappa shape index (κ3) is 3.22. The zero-order valence-electron chi connectivity index (χ0n) is 18.1. The van der Waals surface area contributed by atoms with Gasteiger partial charge >= 0.3 is 5.97 Å².